The minimum atomic E-state index is 0.132. The monoisotopic (exact) mass is 226 g/mol. The molecule has 92 valence electrons. The van der Waals surface area contributed by atoms with Crippen molar-refractivity contribution in [3.8, 4) is 0 Å². The Morgan fingerprint density at radius 1 is 1.06 bits per heavy atom. The smallest absolute Gasteiger partial charge is 0.233 e. The third-order valence-corrected chi connectivity index (χ3v) is 3.34. The van der Waals surface area contributed by atoms with Crippen LogP contribution < -0.4 is 10.6 Å². The summed E-state index contributed by atoms with van der Waals surface area (Å²) < 4.78 is 5.28. The molecule has 1 amide bonds. The second-order valence-corrected chi connectivity index (χ2v) is 4.93. The zero-order chi connectivity index (χ0) is 11.2. The largest absolute Gasteiger partial charge is 0.381 e. The van der Waals surface area contributed by atoms with Gasteiger partial charge in [-0.15, -0.1) is 0 Å². The summed E-state index contributed by atoms with van der Waals surface area (Å²) in [5.74, 6) is 1.58. The Hall–Kier alpha value is -0.610. The molecular weight excluding hydrogens is 204 g/mol. The van der Waals surface area contributed by atoms with Crippen LogP contribution in [0, 0.1) is 11.8 Å². The van der Waals surface area contributed by atoms with Crippen LogP contribution in [0.25, 0.3) is 0 Å². The van der Waals surface area contributed by atoms with Gasteiger partial charge in [0.05, 0.1) is 6.54 Å². The molecule has 0 aromatic rings. The lowest BCUT2D eigenvalue weighted by molar-refractivity contribution is -0.120. The number of ether oxygens (including phenoxy) is 1. The van der Waals surface area contributed by atoms with E-state index in [1.807, 2.05) is 0 Å². The van der Waals surface area contributed by atoms with Crippen molar-refractivity contribution < 1.29 is 9.53 Å². The molecule has 1 saturated heterocycles. The van der Waals surface area contributed by atoms with Crippen molar-refractivity contribution in [1.29, 1.82) is 0 Å². The van der Waals surface area contributed by atoms with Gasteiger partial charge >= 0.3 is 0 Å². The average Bonchev–Trinajstić information content (AvgIpc) is 3.12. The van der Waals surface area contributed by atoms with Gasteiger partial charge in [-0.1, -0.05) is 0 Å². The Morgan fingerprint density at radius 2 is 1.75 bits per heavy atom. The normalized spacial score (nSPS) is 22.0. The molecule has 1 heterocycles. The minimum absolute atomic E-state index is 0.132. The summed E-state index contributed by atoms with van der Waals surface area (Å²) >= 11 is 0. The molecule has 2 aliphatic rings. The Bertz CT molecular complexity index is 223. The third kappa shape index (κ3) is 4.49. The molecule has 0 aromatic carbocycles. The molecule has 0 aromatic heterocycles. The minimum Gasteiger partial charge on any atom is -0.381 e. The van der Waals surface area contributed by atoms with E-state index in [4.69, 9.17) is 4.74 Å². The van der Waals surface area contributed by atoms with E-state index in [1.165, 1.54) is 12.8 Å². The lowest BCUT2D eigenvalue weighted by Crippen LogP contribution is -2.38. The lowest BCUT2D eigenvalue weighted by atomic mass is 10.0. The summed E-state index contributed by atoms with van der Waals surface area (Å²) in [6.07, 6.45) is 4.82. The van der Waals surface area contributed by atoms with Crippen LogP contribution in [0.2, 0.25) is 0 Å². The molecule has 0 radical (unpaired) electrons. The summed E-state index contributed by atoms with van der Waals surface area (Å²) in [6.45, 7) is 3.98. The molecule has 4 heteroatoms. The first kappa shape index (κ1) is 11.9. The summed E-state index contributed by atoms with van der Waals surface area (Å²) in [4.78, 5) is 11.5. The van der Waals surface area contributed by atoms with E-state index < -0.39 is 0 Å². The molecule has 16 heavy (non-hydrogen) atoms. The van der Waals surface area contributed by atoms with Crippen LogP contribution >= 0.6 is 0 Å². The van der Waals surface area contributed by atoms with Crippen molar-refractivity contribution in [2.24, 2.45) is 11.8 Å². The Balaban J connectivity index is 1.48. The quantitative estimate of drug-likeness (QED) is 0.694. The molecule has 1 aliphatic carbocycles. The summed E-state index contributed by atoms with van der Waals surface area (Å²) in [5.41, 5.74) is 0. The standard InChI is InChI=1S/C12H22N2O2/c15-12(9-13-7-10-1-2-10)14-8-11-3-5-16-6-4-11/h10-11,13H,1-9H2,(H,14,15). The fourth-order valence-electron chi connectivity index (χ4n) is 1.98. The van der Waals surface area contributed by atoms with E-state index in [0.29, 0.717) is 12.5 Å². The highest BCUT2D eigenvalue weighted by Gasteiger charge is 2.20. The van der Waals surface area contributed by atoms with Gasteiger partial charge in [-0.2, -0.15) is 0 Å². The van der Waals surface area contributed by atoms with Crippen LogP contribution in [-0.2, 0) is 9.53 Å². The summed E-state index contributed by atoms with van der Waals surface area (Å²) in [5, 5.41) is 6.19. The van der Waals surface area contributed by atoms with Gasteiger partial charge in [0.1, 0.15) is 0 Å². The highest BCUT2D eigenvalue weighted by Crippen LogP contribution is 2.27. The van der Waals surface area contributed by atoms with Crippen LogP contribution in [0.1, 0.15) is 25.7 Å². The van der Waals surface area contributed by atoms with E-state index in [9.17, 15) is 4.79 Å². The van der Waals surface area contributed by atoms with Crippen molar-refractivity contribution in [1.82, 2.24) is 10.6 Å². The number of rotatable bonds is 6. The lowest BCUT2D eigenvalue weighted by Gasteiger charge is -2.22. The molecule has 4 nitrogen and oxygen atoms in total. The topological polar surface area (TPSA) is 50.4 Å². The second-order valence-electron chi connectivity index (χ2n) is 4.93. The van der Waals surface area contributed by atoms with Crippen molar-refractivity contribution in [3.05, 3.63) is 0 Å². The maximum absolute atomic E-state index is 11.5. The van der Waals surface area contributed by atoms with Crippen LogP contribution in [0.3, 0.4) is 0 Å². The molecule has 0 unspecified atom stereocenters. The maximum atomic E-state index is 11.5. The van der Waals surface area contributed by atoms with E-state index in [-0.39, 0.29) is 5.91 Å². The van der Waals surface area contributed by atoms with Crippen molar-refractivity contribution in [3.63, 3.8) is 0 Å². The molecule has 1 saturated carbocycles. The predicted molar refractivity (Wildman–Crippen MR) is 62.1 cm³/mol. The number of hydrogen-bond acceptors (Lipinski definition) is 3. The maximum Gasteiger partial charge on any atom is 0.233 e. The first-order valence-corrected chi connectivity index (χ1v) is 6.40. The molecule has 2 rings (SSSR count). The number of amides is 1. The van der Waals surface area contributed by atoms with Crippen molar-refractivity contribution >= 4 is 5.91 Å². The SMILES string of the molecule is O=C(CNCC1CC1)NCC1CCOCC1. The van der Waals surface area contributed by atoms with Crippen molar-refractivity contribution in [2.45, 2.75) is 25.7 Å². The van der Waals surface area contributed by atoms with Gasteiger partial charge in [-0.3, -0.25) is 4.79 Å². The summed E-state index contributed by atoms with van der Waals surface area (Å²) in [6, 6.07) is 0. The van der Waals surface area contributed by atoms with Crippen LogP contribution in [0.15, 0.2) is 0 Å². The molecule has 1 aliphatic heterocycles. The van der Waals surface area contributed by atoms with Gasteiger partial charge in [-0.05, 0) is 44.1 Å². The molecule has 0 atom stereocenters. The van der Waals surface area contributed by atoms with Crippen LogP contribution in [-0.4, -0.2) is 38.8 Å². The van der Waals surface area contributed by atoms with Crippen LogP contribution in [0.4, 0.5) is 0 Å². The molecule has 0 spiro atoms. The van der Waals surface area contributed by atoms with Gasteiger partial charge in [0.25, 0.3) is 0 Å². The fourth-order valence-corrected chi connectivity index (χ4v) is 1.98. The van der Waals surface area contributed by atoms with E-state index in [1.54, 1.807) is 0 Å². The fraction of sp³-hybridized carbons (Fsp3) is 0.917. The molecule has 0 bridgehead atoms. The van der Waals surface area contributed by atoms with Crippen LogP contribution in [0.5, 0.6) is 0 Å². The molecular formula is C12H22N2O2. The first-order chi connectivity index (χ1) is 7.84. The zero-order valence-electron chi connectivity index (χ0n) is 9.84. The summed E-state index contributed by atoms with van der Waals surface area (Å²) in [7, 11) is 0. The van der Waals surface area contributed by atoms with Crippen molar-refractivity contribution in [2.75, 3.05) is 32.8 Å². The van der Waals surface area contributed by atoms with Gasteiger partial charge in [0.15, 0.2) is 0 Å². The van der Waals surface area contributed by atoms with Gasteiger partial charge in [0, 0.05) is 19.8 Å². The highest BCUT2D eigenvalue weighted by molar-refractivity contribution is 5.77. The van der Waals surface area contributed by atoms with Gasteiger partial charge in [-0.25, -0.2) is 0 Å². The van der Waals surface area contributed by atoms with E-state index >= 15 is 0 Å². The predicted octanol–water partition coefficient (Wildman–Crippen LogP) is 0.529. The average molecular weight is 226 g/mol. The Kier molecular flexibility index (Phi) is 4.60. The highest BCUT2D eigenvalue weighted by atomic mass is 16.5. The van der Waals surface area contributed by atoms with Gasteiger partial charge in [0.2, 0.25) is 5.91 Å². The first-order valence-electron chi connectivity index (χ1n) is 6.40. The zero-order valence-corrected chi connectivity index (χ0v) is 9.84. The second kappa shape index (κ2) is 6.21. The number of hydrogen-bond donors (Lipinski definition) is 2. The van der Waals surface area contributed by atoms with E-state index in [0.717, 1.165) is 45.1 Å². The Labute approximate surface area is 97.1 Å². The number of carbonyl (C=O) groups is 1. The number of carbonyl (C=O) groups excluding carboxylic acids is 1. The number of nitrogens with one attached hydrogen (secondary N) is 2. The Morgan fingerprint density at radius 3 is 2.44 bits per heavy atom. The van der Waals surface area contributed by atoms with E-state index in [2.05, 4.69) is 10.6 Å². The third-order valence-electron chi connectivity index (χ3n) is 3.34. The molecule has 2 N–H and O–H groups in total. The van der Waals surface area contributed by atoms with Gasteiger partial charge < -0.3 is 15.4 Å². The molecule has 2 fully saturated rings.